The number of benzene rings is 1. The highest BCUT2D eigenvalue weighted by molar-refractivity contribution is 5.71. The minimum Gasteiger partial charge on any atom is -0.382 e. The van der Waals surface area contributed by atoms with Gasteiger partial charge in [-0.25, -0.2) is 4.79 Å². The Bertz CT molecular complexity index is 593. The lowest BCUT2D eigenvalue weighted by atomic mass is 9.71. The predicted molar refractivity (Wildman–Crippen MR) is 113 cm³/mol. The van der Waals surface area contributed by atoms with Crippen LogP contribution in [0.5, 0.6) is 0 Å². The zero-order chi connectivity index (χ0) is 19.3. The summed E-state index contributed by atoms with van der Waals surface area (Å²) < 4.78 is 0. The summed E-state index contributed by atoms with van der Waals surface area (Å²) in [5.41, 5.74) is 8.43. The fourth-order valence-electron chi connectivity index (χ4n) is 4.81. The van der Waals surface area contributed by atoms with Gasteiger partial charge in [-0.15, -0.1) is 0 Å². The summed E-state index contributed by atoms with van der Waals surface area (Å²) in [7, 11) is 0. The van der Waals surface area contributed by atoms with E-state index in [1.54, 1.807) is 0 Å². The smallest absolute Gasteiger partial charge is 0.312 e. The summed E-state index contributed by atoms with van der Waals surface area (Å²) in [6.45, 7) is 5.51. The fraction of sp³-hybridized carbons (Fsp3) is 0.696. The number of anilines is 1. The maximum Gasteiger partial charge on any atom is 0.312 e. The third-order valence-electron chi connectivity index (χ3n) is 6.79. The van der Waals surface area contributed by atoms with Crippen LogP contribution in [0.3, 0.4) is 0 Å². The second-order valence-electron chi connectivity index (χ2n) is 9.50. The van der Waals surface area contributed by atoms with E-state index in [1.807, 2.05) is 0 Å². The molecule has 2 fully saturated rings. The summed E-state index contributed by atoms with van der Waals surface area (Å²) in [6, 6.07) is 9.40. The molecule has 2 amide bonds. The Kier molecular flexibility index (Phi) is 6.67. The van der Waals surface area contributed by atoms with Crippen LogP contribution in [0.25, 0.3) is 0 Å². The molecule has 0 radical (unpaired) electrons. The molecule has 4 nitrogen and oxygen atoms in total. The molecule has 0 bridgehead atoms. The van der Waals surface area contributed by atoms with Gasteiger partial charge in [-0.05, 0) is 92.7 Å². The lowest BCUT2D eigenvalue weighted by Gasteiger charge is -2.34. The van der Waals surface area contributed by atoms with E-state index in [2.05, 4.69) is 48.7 Å². The molecule has 0 aromatic heterocycles. The minimum absolute atomic E-state index is 0.411. The van der Waals surface area contributed by atoms with Crippen molar-refractivity contribution in [3.63, 3.8) is 0 Å². The number of hydrogen-bond acceptors (Lipinski definition) is 2. The molecule has 4 heteroatoms. The van der Waals surface area contributed by atoms with Gasteiger partial charge in [-0.3, -0.25) is 0 Å². The Labute approximate surface area is 164 Å². The molecule has 3 rings (SSSR count). The van der Waals surface area contributed by atoms with Crippen molar-refractivity contribution in [3.05, 3.63) is 29.8 Å². The number of hydrogen-bond donors (Lipinski definition) is 3. The monoisotopic (exact) mass is 371 g/mol. The lowest BCUT2D eigenvalue weighted by Crippen LogP contribution is -2.32. The first kappa shape index (κ1) is 20.0. The van der Waals surface area contributed by atoms with Crippen LogP contribution in [0.1, 0.15) is 83.1 Å². The van der Waals surface area contributed by atoms with Gasteiger partial charge in [0.1, 0.15) is 0 Å². The summed E-state index contributed by atoms with van der Waals surface area (Å²) in [4.78, 5) is 10.8. The Balaban J connectivity index is 1.41. The SMILES string of the molecule is CC1(C)CCC(c2ccc(NC3CCC(CCNC(N)=O)CC3)cc2)CC1. The number of carbonyl (C=O) groups is 1. The molecule has 0 atom stereocenters. The number of rotatable bonds is 6. The summed E-state index contributed by atoms with van der Waals surface area (Å²) >= 11 is 0. The second kappa shape index (κ2) is 8.99. The average molecular weight is 372 g/mol. The zero-order valence-electron chi connectivity index (χ0n) is 17.1. The van der Waals surface area contributed by atoms with Gasteiger partial charge in [-0.1, -0.05) is 26.0 Å². The van der Waals surface area contributed by atoms with Crippen LogP contribution in [0.15, 0.2) is 24.3 Å². The van der Waals surface area contributed by atoms with E-state index in [0.29, 0.717) is 23.9 Å². The first-order valence-corrected chi connectivity index (χ1v) is 10.8. The van der Waals surface area contributed by atoms with Crippen molar-refractivity contribution < 1.29 is 4.79 Å². The molecule has 2 saturated carbocycles. The molecule has 0 unspecified atom stereocenters. The van der Waals surface area contributed by atoms with E-state index in [0.717, 1.165) is 12.3 Å². The van der Waals surface area contributed by atoms with E-state index < -0.39 is 6.03 Å². The van der Waals surface area contributed by atoms with Crippen LogP contribution in [0.4, 0.5) is 10.5 Å². The first-order valence-electron chi connectivity index (χ1n) is 10.8. The third-order valence-corrected chi connectivity index (χ3v) is 6.79. The van der Waals surface area contributed by atoms with Crippen molar-refractivity contribution in [2.24, 2.45) is 17.1 Å². The number of amides is 2. The number of nitrogens with two attached hydrogens (primary N) is 1. The number of urea groups is 1. The largest absolute Gasteiger partial charge is 0.382 e. The van der Waals surface area contributed by atoms with Crippen LogP contribution in [-0.2, 0) is 0 Å². The Morgan fingerprint density at radius 3 is 2.26 bits per heavy atom. The van der Waals surface area contributed by atoms with Crippen molar-refractivity contribution in [2.45, 2.75) is 83.6 Å². The van der Waals surface area contributed by atoms with E-state index in [4.69, 9.17) is 5.73 Å². The number of primary amides is 1. The van der Waals surface area contributed by atoms with E-state index in [9.17, 15) is 4.79 Å². The molecular formula is C23H37N3O. The highest BCUT2D eigenvalue weighted by Gasteiger charge is 2.27. The van der Waals surface area contributed by atoms with Crippen molar-refractivity contribution in [1.29, 1.82) is 0 Å². The Hall–Kier alpha value is -1.71. The van der Waals surface area contributed by atoms with Gasteiger partial charge in [-0.2, -0.15) is 0 Å². The first-order chi connectivity index (χ1) is 12.9. The summed E-state index contributed by atoms with van der Waals surface area (Å²) in [5.74, 6) is 1.46. The van der Waals surface area contributed by atoms with Crippen molar-refractivity contribution in [1.82, 2.24) is 5.32 Å². The molecular weight excluding hydrogens is 334 g/mol. The number of nitrogens with one attached hydrogen (secondary N) is 2. The molecule has 2 aliphatic carbocycles. The normalized spacial score (nSPS) is 25.7. The molecule has 27 heavy (non-hydrogen) atoms. The average Bonchev–Trinajstić information content (AvgIpc) is 2.64. The summed E-state index contributed by atoms with van der Waals surface area (Å²) in [6.07, 6.45) is 11.3. The van der Waals surface area contributed by atoms with Crippen LogP contribution in [0.2, 0.25) is 0 Å². The summed E-state index contributed by atoms with van der Waals surface area (Å²) in [5, 5.41) is 6.43. The maximum atomic E-state index is 10.8. The van der Waals surface area contributed by atoms with Crippen molar-refractivity contribution >= 4 is 11.7 Å². The topological polar surface area (TPSA) is 67.2 Å². The van der Waals surface area contributed by atoms with Gasteiger partial charge in [0.2, 0.25) is 0 Å². The van der Waals surface area contributed by atoms with Crippen LogP contribution < -0.4 is 16.4 Å². The van der Waals surface area contributed by atoms with Gasteiger partial charge in [0.15, 0.2) is 0 Å². The highest BCUT2D eigenvalue weighted by Crippen LogP contribution is 2.42. The van der Waals surface area contributed by atoms with Crippen LogP contribution in [0, 0.1) is 11.3 Å². The predicted octanol–water partition coefficient (Wildman–Crippen LogP) is 5.40. The van der Waals surface area contributed by atoms with Crippen molar-refractivity contribution in [3.8, 4) is 0 Å². The molecule has 150 valence electrons. The second-order valence-corrected chi connectivity index (χ2v) is 9.50. The van der Waals surface area contributed by atoms with E-state index in [1.165, 1.54) is 62.6 Å². The maximum absolute atomic E-state index is 10.8. The third kappa shape index (κ3) is 6.15. The van der Waals surface area contributed by atoms with Crippen LogP contribution >= 0.6 is 0 Å². The molecule has 4 N–H and O–H groups in total. The lowest BCUT2D eigenvalue weighted by molar-refractivity contribution is 0.224. The minimum atomic E-state index is -0.411. The van der Waals surface area contributed by atoms with Gasteiger partial charge in [0.25, 0.3) is 0 Å². The quantitative estimate of drug-likeness (QED) is 0.627. The molecule has 0 saturated heterocycles. The molecule has 0 aliphatic heterocycles. The van der Waals surface area contributed by atoms with E-state index in [-0.39, 0.29) is 0 Å². The van der Waals surface area contributed by atoms with Gasteiger partial charge in [0, 0.05) is 18.3 Å². The Morgan fingerprint density at radius 1 is 1.04 bits per heavy atom. The zero-order valence-corrected chi connectivity index (χ0v) is 17.1. The molecule has 1 aromatic carbocycles. The van der Waals surface area contributed by atoms with Crippen LogP contribution in [-0.4, -0.2) is 18.6 Å². The van der Waals surface area contributed by atoms with Gasteiger partial charge >= 0.3 is 6.03 Å². The van der Waals surface area contributed by atoms with E-state index >= 15 is 0 Å². The standard InChI is InChI=1S/C23H37N3O/c1-23(2)14-11-19(12-15-23)18-5-9-21(10-6-18)26-20-7-3-17(4-8-20)13-16-25-22(24)27/h5-6,9-10,17,19-20,26H,3-4,7-8,11-16H2,1-2H3,(H3,24,25,27). The van der Waals surface area contributed by atoms with Gasteiger partial charge < -0.3 is 16.4 Å². The fourth-order valence-corrected chi connectivity index (χ4v) is 4.81. The number of carbonyl (C=O) groups excluding carboxylic acids is 1. The molecule has 0 heterocycles. The highest BCUT2D eigenvalue weighted by atomic mass is 16.2. The van der Waals surface area contributed by atoms with Gasteiger partial charge in [0.05, 0.1) is 0 Å². The van der Waals surface area contributed by atoms with Crippen molar-refractivity contribution in [2.75, 3.05) is 11.9 Å². The molecule has 2 aliphatic rings. The Morgan fingerprint density at radius 2 is 1.67 bits per heavy atom. The molecule has 0 spiro atoms. The molecule has 1 aromatic rings.